The lowest BCUT2D eigenvalue weighted by molar-refractivity contribution is 0.358. The average Bonchev–Trinajstić information content (AvgIpc) is 2.18. The minimum absolute atomic E-state index is 0.0253. The lowest BCUT2D eigenvalue weighted by atomic mass is 9.83. The van der Waals surface area contributed by atoms with Crippen molar-refractivity contribution in [2.45, 2.75) is 50.7 Å². The minimum Gasteiger partial charge on any atom is -0.197 e. The lowest BCUT2D eigenvalue weighted by Crippen LogP contribution is -2.28. The fraction of sp³-hybridized carbons (Fsp3) is 0.909. The molecule has 0 radical (unpaired) electrons. The quantitative estimate of drug-likeness (QED) is 0.690. The molecule has 0 spiro atoms. The highest BCUT2D eigenvalue weighted by Crippen LogP contribution is 2.41. The fourth-order valence-electron chi connectivity index (χ4n) is 1.81. The average molecular weight is 197 g/mol. The van der Waals surface area contributed by atoms with Gasteiger partial charge < -0.3 is 0 Å². The molecule has 0 aromatic carbocycles. The molecule has 1 nitrogen and oxygen atoms in total. The van der Waals surface area contributed by atoms with Crippen LogP contribution in [0.2, 0.25) is 0 Å². The van der Waals surface area contributed by atoms with Gasteiger partial charge in [0.15, 0.2) is 0 Å². The largest absolute Gasteiger partial charge is 0.197 e. The van der Waals surface area contributed by atoms with E-state index in [0.717, 1.165) is 24.5 Å². The van der Waals surface area contributed by atoms with E-state index in [1.165, 1.54) is 19.3 Å². The van der Waals surface area contributed by atoms with Crippen LogP contribution in [0.15, 0.2) is 0 Å². The summed E-state index contributed by atoms with van der Waals surface area (Å²) in [6.45, 7) is 4.48. The van der Waals surface area contributed by atoms with Crippen molar-refractivity contribution >= 4 is 11.8 Å². The predicted octanol–water partition coefficient (Wildman–Crippen LogP) is 3.60. The van der Waals surface area contributed by atoms with Crippen molar-refractivity contribution < 1.29 is 0 Å². The van der Waals surface area contributed by atoms with Crippen LogP contribution in [-0.4, -0.2) is 10.5 Å². The molecule has 1 aliphatic carbocycles. The van der Waals surface area contributed by atoms with Gasteiger partial charge in [0.1, 0.15) is 4.75 Å². The number of thioether (sulfide) groups is 1. The van der Waals surface area contributed by atoms with Gasteiger partial charge in [0.25, 0.3) is 0 Å². The monoisotopic (exact) mass is 197 g/mol. The Balaban J connectivity index is 2.46. The molecular weight excluding hydrogens is 178 g/mol. The van der Waals surface area contributed by atoms with Crippen LogP contribution in [0.5, 0.6) is 0 Å². The van der Waals surface area contributed by atoms with Crippen molar-refractivity contribution in [2.75, 3.05) is 5.75 Å². The summed E-state index contributed by atoms with van der Waals surface area (Å²) in [6.07, 6.45) is 5.88. The second kappa shape index (κ2) is 4.91. The molecule has 0 aromatic rings. The van der Waals surface area contributed by atoms with Crippen LogP contribution < -0.4 is 0 Å². The molecule has 0 saturated heterocycles. The molecular formula is C11H19NS. The molecule has 0 atom stereocenters. The Morgan fingerprint density at radius 1 is 1.46 bits per heavy atom. The van der Waals surface area contributed by atoms with E-state index >= 15 is 0 Å². The van der Waals surface area contributed by atoms with Gasteiger partial charge in [-0.05, 0) is 43.8 Å². The van der Waals surface area contributed by atoms with E-state index in [1.807, 2.05) is 11.8 Å². The molecule has 0 heterocycles. The minimum atomic E-state index is -0.0253. The van der Waals surface area contributed by atoms with E-state index in [9.17, 15) is 5.26 Å². The Morgan fingerprint density at radius 3 is 2.54 bits per heavy atom. The molecule has 0 N–H and O–H groups in total. The van der Waals surface area contributed by atoms with E-state index < -0.39 is 0 Å². The zero-order chi connectivity index (χ0) is 9.73. The van der Waals surface area contributed by atoms with Gasteiger partial charge in [0.05, 0.1) is 6.07 Å². The second-order valence-corrected chi connectivity index (χ2v) is 5.62. The summed E-state index contributed by atoms with van der Waals surface area (Å²) >= 11 is 1.89. The Hall–Kier alpha value is -0.160. The Morgan fingerprint density at radius 2 is 2.08 bits per heavy atom. The Kier molecular flexibility index (Phi) is 4.12. The van der Waals surface area contributed by atoms with Crippen LogP contribution in [0.4, 0.5) is 0 Å². The predicted molar refractivity (Wildman–Crippen MR) is 58.7 cm³/mol. The van der Waals surface area contributed by atoms with Crippen molar-refractivity contribution in [3.05, 3.63) is 0 Å². The molecule has 0 bridgehead atoms. The summed E-state index contributed by atoms with van der Waals surface area (Å²) in [4.78, 5) is 0. The van der Waals surface area contributed by atoms with E-state index in [2.05, 4.69) is 19.9 Å². The molecule has 1 fully saturated rings. The van der Waals surface area contributed by atoms with Crippen LogP contribution in [-0.2, 0) is 0 Å². The molecule has 0 unspecified atom stereocenters. The zero-order valence-electron chi connectivity index (χ0n) is 8.68. The van der Waals surface area contributed by atoms with Gasteiger partial charge in [-0.25, -0.2) is 0 Å². The molecule has 1 aliphatic rings. The van der Waals surface area contributed by atoms with Gasteiger partial charge in [0.2, 0.25) is 0 Å². The highest BCUT2D eigenvalue weighted by molar-refractivity contribution is 8.00. The van der Waals surface area contributed by atoms with Gasteiger partial charge >= 0.3 is 0 Å². The molecule has 0 amide bonds. The van der Waals surface area contributed by atoms with Gasteiger partial charge in [0, 0.05) is 0 Å². The van der Waals surface area contributed by atoms with Crippen molar-refractivity contribution in [3.8, 4) is 6.07 Å². The summed E-state index contributed by atoms with van der Waals surface area (Å²) in [6, 6.07) is 2.54. The lowest BCUT2D eigenvalue weighted by Gasteiger charge is -2.32. The Labute approximate surface area is 85.9 Å². The molecule has 1 saturated carbocycles. The first kappa shape index (κ1) is 10.9. The highest BCUT2D eigenvalue weighted by atomic mass is 32.2. The van der Waals surface area contributed by atoms with E-state index in [4.69, 9.17) is 0 Å². The summed E-state index contributed by atoms with van der Waals surface area (Å²) in [7, 11) is 0. The van der Waals surface area contributed by atoms with Crippen LogP contribution in [0, 0.1) is 17.2 Å². The van der Waals surface area contributed by atoms with E-state index in [0.29, 0.717) is 0 Å². The topological polar surface area (TPSA) is 23.8 Å². The van der Waals surface area contributed by atoms with Crippen LogP contribution in [0.1, 0.15) is 46.0 Å². The van der Waals surface area contributed by atoms with Crippen molar-refractivity contribution in [3.63, 3.8) is 0 Å². The maximum Gasteiger partial charge on any atom is 0.102 e. The van der Waals surface area contributed by atoms with Crippen LogP contribution >= 0.6 is 11.8 Å². The first-order chi connectivity index (χ1) is 6.22. The fourth-order valence-corrected chi connectivity index (χ4v) is 3.00. The molecule has 2 heteroatoms. The number of rotatable bonds is 3. The number of hydrogen-bond acceptors (Lipinski definition) is 2. The molecule has 0 aromatic heterocycles. The van der Waals surface area contributed by atoms with E-state index in [-0.39, 0.29) is 4.75 Å². The third-order valence-corrected chi connectivity index (χ3v) is 4.53. The van der Waals surface area contributed by atoms with Crippen LogP contribution in [0.25, 0.3) is 0 Å². The highest BCUT2D eigenvalue weighted by Gasteiger charge is 2.34. The van der Waals surface area contributed by atoms with Gasteiger partial charge in [-0.1, -0.05) is 13.8 Å². The van der Waals surface area contributed by atoms with E-state index in [1.54, 1.807) is 0 Å². The van der Waals surface area contributed by atoms with Gasteiger partial charge in [-0.2, -0.15) is 5.26 Å². The zero-order valence-corrected chi connectivity index (χ0v) is 9.49. The summed E-state index contributed by atoms with van der Waals surface area (Å²) in [5, 5.41) is 9.18. The maximum absolute atomic E-state index is 9.18. The third kappa shape index (κ3) is 2.91. The number of nitriles is 1. The molecule has 74 valence electrons. The van der Waals surface area contributed by atoms with Crippen molar-refractivity contribution in [1.29, 1.82) is 5.26 Å². The van der Waals surface area contributed by atoms with Crippen molar-refractivity contribution in [1.82, 2.24) is 0 Å². The number of hydrogen-bond donors (Lipinski definition) is 0. The number of nitrogens with zero attached hydrogens (tertiary/aromatic N) is 1. The maximum atomic E-state index is 9.18. The summed E-state index contributed by atoms with van der Waals surface area (Å²) in [5.41, 5.74) is 0. The molecule has 13 heavy (non-hydrogen) atoms. The van der Waals surface area contributed by atoms with Crippen molar-refractivity contribution in [2.24, 2.45) is 5.92 Å². The second-order valence-electron chi connectivity index (χ2n) is 4.14. The normalized spacial score (nSPS) is 34.1. The van der Waals surface area contributed by atoms with Crippen LogP contribution in [0.3, 0.4) is 0 Å². The molecule has 1 rings (SSSR count). The smallest absolute Gasteiger partial charge is 0.102 e. The Bertz CT molecular complexity index is 181. The molecule has 0 aliphatic heterocycles. The summed E-state index contributed by atoms with van der Waals surface area (Å²) in [5.74, 6) is 1.98. The standard InChI is InChI=1S/C11H19NS/c1-3-8-13-11(9-12)6-4-10(2)5-7-11/h10H,3-8H2,1-2H3. The summed E-state index contributed by atoms with van der Waals surface area (Å²) < 4.78 is -0.0253. The third-order valence-electron chi connectivity index (χ3n) is 2.87. The van der Waals surface area contributed by atoms with Gasteiger partial charge in [-0.15, -0.1) is 11.8 Å². The first-order valence-electron chi connectivity index (χ1n) is 5.27. The first-order valence-corrected chi connectivity index (χ1v) is 6.26. The van der Waals surface area contributed by atoms with Gasteiger partial charge in [-0.3, -0.25) is 0 Å². The SMILES string of the molecule is CCCSC1(C#N)CCC(C)CC1.